The third-order valence-electron chi connectivity index (χ3n) is 4.97. The van der Waals surface area contributed by atoms with E-state index in [9.17, 15) is 19.5 Å². The van der Waals surface area contributed by atoms with Crippen LogP contribution in [0.5, 0.6) is 0 Å². The van der Waals surface area contributed by atoms with Gasteiger partial charge in [0, 0.05) is 26.2 Å². The zero-order valence-corrected chi connectivity index (χ0v) is 13.5. The van der Waals surface area contributed by atoms with E-state index in [0.717, 1.165) is 0 Å². The molecule has 3 rings (SSSR count). The van der Waals surface area contributed by atoms with Crippen molar-refractivity contribution >= 4 is 17.8 Å². The molecule has 7 nitrogen and oxygen atoms in total. The Morgan fingerprint density at radius 1 is 1.40 bits per heavy atom. The lowest BCUT2D eigenvalue weighted by Gasteiger charge is -2.25. The molecule has 1 aromatic rings. The molecule has 0 aliphatic carbocycles. The standard InChI is InChI=1S/C18H17N3O4/c1-2-7-20-10-18(17(24)25)11-21(9-14(18)16(20)23)15(22)13-6-4-3-5-12(13)8-19/h2-6,14H,1,7,9-11H2,(H,24,25)/t14-,18+/m1/s1. The van der Waals surface area contributed by atoms with E-state index in [1.165, 1.54) is 21.9 Å². The van der Waals surface area contributed by atoms with E-state index in [2.05, 4.69) is 6.58 Å². The fraction of sp³-hybridized carbons (Fsp3) is 0.333. The molecule has 0 saturated carbocycles. The van der Waals surface area contributed by atoms with E-state index in [4.69, 9.17) is 5.26 Å². The van der Waals surface area contributed by atoms with Crippen molar-refractivity contribution in [1.29, 1.82) is 5.26 Å². The largest absolute Gasteiger partial charge is 0.481 e. The predicted octanol–water partition coefficient (Wildman–Crippen LogP) is 0.729. The number of rotatable bonds is 4. The summed E-state index contributed by atoms with van der Waals surface area (Å²) in [5.41, 5.74) is -0.855. The summed E-state index contributed by atoms with van der Waals surface area (Å²) >= 11 is 0. The lowest BCUT2D eigenvalue weighted by Crippen LogP contribution is -2.42. The van der Waals surface area contributed by atoms with Crippen LogP contribution < -0.4 is 0 Å². The SMILES string of the molecule is C=CCN1C[C@]2(C(=O)O)CN(C(=O)c3ccccc3C#N)C[C@@H]2C1=O. The molecule has 2 amide bonds. The van der Waals surface area contributed by atoms with Gasteiger partial charge in [0.2, 0.25) is 5.91 Å². The predicted molar refractivity (Wildman–Crippen MR) is 87.4 cm³/mol. The van der Waals surface area contributed by atoms with E-state index >= 15 is 0 Å². The molecule has 25 heavy (non-hydrogen) atoms. The van der Waals surface area contributed by atoms with Crippen LogP contribution in [0, 0.1) is 22.7 Å². The highest BCUT2D eigenvalue weighted by molar-refractivity contribution is 5.99. The molecule has 2 heterocycles. The zero-order chi connectivity index (χ0) is 18.2. The number of hydrogen-bond donors (Lipinski definition) is 1. The van der Waals surface area contributed by atoms with Gasteiger partial charge in [0.15, 0.2) is 0 Å². The summed E-state index contributed by atoms with van der Waals surface area (Å²) in [6.45, 7) is 3.92. The van der Waals surface area contributed by atoms with Crippen molar-refractivity contribution in [2.75, 3.05) is 26.2 Å². The van der Waals surface area contributed by atoms with Gasteiger partial charge < -0.3 is 14.9 Å². The number of nitrogens with zero attached hydrogens (tertiary/aromatic N) is 3. The van der Waals surface area contributed by atoms with Crippen molar-refractivity contribution in [2.45, 2.75) is 0 Å². The Kier molecular flexibility index (Phi) is 4.05. The van der Waals surface area contributed by atoms with Gasteiger partial charge in [-0.1, -0.05) is 18.2 Å². The number of likely N-dealkylation sites (tertiary alicyclic amines) is 2. The Morgan fingerprint density at radius 3 is 2.72 bits per heavy atom. The molecule has 2 fully saturated rings. The lowest BCUT2D eigenvalue weighted by molar-refractivity contribution is -0.149. The molecule has 1 N–H and O–H groups in total. The molecule has 0 spiro atoms. The van der Waals surface area contributed by atoms with E-state index in [1.807, 2.05) is 6.07 Å². The molecule has 0 aromatic heterocycles. The number of carboxylic acid groups (broad SMARTS) is 1. The minimum atomic E-state index is -1.31. The summed E-state index contributed by atoms with van der Waals surface area (Å²) in [6, 6.07) is 8.34. The summed E-state index contributed by atoms with van der Waals surface area (Å²) in [7, 11) is 0. The maximum Gasteiger partial charge on any atom is 0.314 e. The van der Waals surface area contributed by atoms with E-state index < -0.39 is 23.2 Å². The van der Waals surface area contributed by atoms with Gasteiger partial charge in [-0.2, -0.15) is 5.26 Å². The number of benzene rings is 1. The summed E-state index contributed by atoms with van der Waals surface area (Å²) in [5, 5.41) is 18.9. The van der Waals surface area contributed by atoms with Crippen LogP contribution >= 0.6 is 0 Å². The molecule has 2 atom stereocenters. The monoisotopic (exact) mass is 339 g/mol. The van der Waals surface area contributed by atoms with Crippen molar-refractivity contribution in [3.05, 3.63) is 48.0 Å². The Labute approximate surface area is 144 Å². The highest BCUT2D eigenvalue weighted by atomic mass is 16.4. The summed E-state index contributed by atoms with van der Waals surface area (Å²) in [4.78, 5) is 40.1. The van der Waals surface area contributed by atoms with Crippen LogP contribution in [0.15, 0.2) is 36.9 Å². The summed E-state index contributed by atoms with van der Waals surface area (Å²) in [6.07, 6.45) is 1.56. The van der Waals surface area contributed by atoms with Gasteiger partial charge in [-0.3, -0.25) is 14.4 Å². The van der Waals surface area contributed by atoms with Crippen molar-refractivity contribution in [2.24, 2.45) is 11.3 Å². The quantitative estimate of drug-likeness (QED) is 0.815. The number of fused-ring (bicyclic) bond motifs is 1. The minimum Gasteiger partial charge on any atom is -0.481 e. The van der Waals surface area contributed by atoms with Gasteiger partial charge in [-0.25, -0.2) is 0 Å². The molecule has 7 heteroatoms. The fourth-order valence-electron chi connectivity index (χ4n) is 3.71. The third-order valence-corrected chi connectivity index (χ3v) is 4.97. The Hall–Kier alpha value is -3.14. The van der Waals surface area contributed by atoms with Crippen LogP contribution in [0.4, 0.5) is 0 Å². The first-order valence-electron chi connectivity index (χ1n) is 7.86. The average Bonchev–Trinajstić information content (AvgIpc) is 3.11. The molecular weight excluding hydrogens is 322 g/mol. The number of amides is 2. The number of carboxylic acids is 1. The van der Waals surface area contributed by atoms with Crippen molar-refractivity contribution in [3.8, 4) is 6.07 Å². The zero-order valence-electron chi connectivity index (χ0n) is 13.5. The number of nitriles is 1. The molecule has 2 aliphatic heterocycles. The summed E-state index contributed by atoms with van der Waals surface area (Å²) < 4.78 is 0. The Bertz CT molecular complexity index is 813. The minimum absolute atomic E-state index is 0.0391. The molecule has 1 aromatic carbocycles. The van der Waals surface area contributed by atoms with Gasteiger partial charge in [-0.05, 0) is 12.1 Å². The van der Waals surface area contributed by atoms with Crippen LogP contribution in [0.3, 0.4) is 0 Å². The van der Waals surface area contributed by atoms with E-state index in [1.54, 1.807) is 18.2 Å². The third kappa shape index (κ3) is 2.47. The van der Waals surface area contributed by atoms with E-state index in [-0.39, 0.29) is 43.2 Å². The van der Waals surface area contributed by atoms with Gasteiger partial charge in [0.1, 0.15) is 5.41 Å². The van der Waals surface area contributed by atoms with Crippen LogP contribution in [0.25, 0.3) is 0 Å². The molecule has 0 radical (unpaired) electrons. The number of hydrogen-bond acceptors (Lipinski definition) is 4. The van der Waals surface area contributed by atoms with Crippen molar-refractivity contribution < 1.29 is 19.5 Å². The van der Waals surface area contributed by atoms with E-state index in [0.29, 0.717) is 0 Å². The first-order chi connectivity index (χ1) is 11.9. The van der Waals surface area contributed by atoms with Gasteiger partial charge >= 0.3 is 5.97 Å². The normalized spacial score (nSPS) is 24.8. The Balaban J connectivity index is 1.91. The topological polar surface area (TPSA) is 102 Å². The van der Waals surface area contributed by atoms with Gasteiger partial charge in [0.05, 0.1) is 23.1 Å². The lowest BCUT2D eigenvalue weighted by atomic mass is 9.81. The highest BCUT2D eigenvalue weighted by Crippen LogP contribution is 2.44. The number of carbonyl (C=O) groups excluding carboxylic acids is 2. The maximum absolute atomic E-state index is 12.8. The van der Waals surface area contributed by atoms with Crippen molar-refractivity contribution in [3.63, 3.8) is 0 Å². The molecule has 0 unspecified atom stereocenters. The molecule has 0 bridgehead atoms. The summed E-state index contributed by atoms with van der Waals surface area (Å²) in [5.74, 6) is -2.55. The molecule has 128 valence electrons. The first-order valence-corrected chi connectivity index (χ1v) is 7.86. The maximum atomic E-state index is 12.8. The smallest absolute Gasteiger partial charge is 0.314 e. The second-order valence-electron chi connectivity index (χ2n) is 6.36. The second-order valence-corrected chi connectivity index (χ2v) is 6.36. The highest BCUT2D eigenvalue weighted by Gasteiger charge is 2.62. The fourth-order valence-corrected chi connectivity index (χ4v) is 3.71. The molecule has 2 saturated heterocycles. The van der Waals surface area contributed by atoms with Gasteiger partial charge in [-0.15, -0.1) is 6.58 Å². The van der Waals surface area contributed by atoms with Gasteiger partial charge in [0.25, 0.3) is 5.91 Å². The van der Waals surface area contributed by atoms with Crippen LogP contribution in [-0.2, 0) is 9.59 Å². The Morgan fingerprint density at radius 2 is 2.12 bits per heavy atom. The van der Waals surface area contributed by atoms with Crippen molar-refractivity contribution in [1.82, 2.24) is 9.80 Å². The van der Waals surface area contributed by atoms with Crippen LogP contribution in [0.2, 0.25) is 0 Å². The second kappa shape index (κ2) is 6.06. The average molecular weight is 339 g/mol. The molecular formula is C18H17N3O4. The van der Waals surface area contributed by atoms with Crippen LogP contribution in [0.1, 0.15) is 15.9 Å². The number of carbonyl (C=O) groups is 3. The molecule has 2 aliphatic rings. The van der Waals surface area contributed by atoms with Crippen LogP contribution in [-0.4, -0.2) is 58.9 Å². The first kappa shape index (κ1) is 16.7. The number of aliphatic carboxylic acids is 1.